The summed E-state index contributed by atoms with van der Waals surface area (Å²) in [6, 6.07) is 22.2. The zero-order chi connectivity index (χ0) is 25.8. The number of furan rings is 1. The van der Waals surface area contributed by atoms with Crippen molar-refractivity contribution in [1.82, 2.24) is 14.8 Å². The van der Waals surface area contributed by atoms with Gasteiger partial charge in [0.1, 0.15) is 5.58 Å². The fourth-order valence-electron chi connectivity index (χ4n) is 5.06. The molecule has 2 aromatic carbocycles. The van der Waals surface area contributed by atoms with Crippen LogP contribution in [0.25, 0.3) is 11.0 Å². The van der Waals surface area contributed by atoms with Crippen molar-refractivity contribution in [2.75, 3.05) is 26.7 Å². The minimum Gasteiger partial charge on any atom is -0.451 e. The fourth-order valence-corrected chi connectivity index (χ4v) is 5.06. The van der Waals surface area contributed by atoms with Gasteiger partial charge in [0.25, 0.3) is 5.91 Å². The van der Waals surface area contributed by atoms with E-state index in [4.69, 9.17) is 4.42 Å². The van der Waals surface area contributed by atoms with Crippen molar-refractivity contribution >= 4 is 16.9 Å². The number of carbonyl (C=O) groups excluding carboxylic acids is 1. The molecular weight excluding hydrogens is 462 g/mol. The highest BCUT2D eigenvalue weighted by atomic mass is 16.3. The Bertz CT molecular complexity index is 1340. The van der Waals surface area contributed by atoms with Crippen molar-refractivity contribution in [2.45, 2.75) is 44.8 Å². The van der Waals surface area contributed by atoms with Gasteiger partial charge in [-0.1, -0.05) is 43.3 Å². The fraction of sp³-hybridized carbons (Fsp3) is 0.355. The monoisotopic (exact) mass is 497 g/mol. The predicted octanol–water partition coefficient (Wildman–Crippen LogP) is 5.19. The van der Waals surface area contributed by atoms with E-state index in [1.165, 1.54) is 11.1 Å². The Kier molecular flexibility index (Phi) is 7.40. The SMILES string of the molecule is CCc1ccc(CN2CCC(O)(c3ccc4oc(C(=O)N(C)CCc5ccccn5)cc4c3)CC2)cc1. The molecule has 0 spiro atoms. The molecule has 3 heterocycles. The van der Waals surface area contributed by atoms with Gasteiger partial charge in [0.2, 0.25) is 0 Å². The second-order valence-corrected chi connectivity index (χ2v) is 10.1. The van der Waals surface area contributed by atoms with E-state index in [-0.39, 0.29) is 5.91 Å². The van der Waals surface area contributed by atoms with Crippen molar-refractivity contribution in [3.05, 3.63) is 101 Å². The summed E-state index contributed by atoms with van der Waals surface area (Å²) in [5.74, 6) is 0.152. The number of benzene rings is 2. The van der Waals surface area contributed by atoms with Crippen LogP contribution in [0.4, 0.5) is 0 Å². The van der Waals surface area contributed by atoms with Gasteiger partial charge in [-0.25, -0.2) is 0 Å². The van der Waals surface area contributed by atoms with E-state index in [9.17, 15) is 9.90 Å². The lowest BCUT2D eigenvalue weighted by atomic mass is 9.84. The number of aryl methyl sites for hydroxylation is 1. The predicted molar refractivity (Wildman–Crippen MR) is 145 cm³/mol. The van der Waals surface area contributed by atoms with Crippen LogP contribution >= 0.6 is 0 Å². The minimum atomic E-state index is -0.877. The number of aliphatic hydroxyl groups is 1. The number of rotatable bonds is 8. The standard InChI is InChI=1S/C31H35N3O3/c1-3-23-7-9-24(10-8-23)22-34-18-14-31(36,15-19-34)26-11-12-28-25(20-26)21-29(37-28)30(35)33(2)17-13-27-6-4-5-16-32-27/h4-12,16,20-21,36H,3,13-15,17-19,22H2,1-2H3. The lowest BCUT2D eigenvalue weighted by molar-refractivity contribution is -0.0276. The van der Waals surface area contributed by atoms with Gasteiger partial charge in [0.15, 0.2) is 5.76 Å². The lowest BCUT2D eigenvalue weighted by Crippen LogP contribution is -2.42. The van der Waals surface area contributed by atoms with Gasteiger partial charge >= 0.3 is 0 Å². The maximum atomic E-state index is 13.0. The number of fused-ring (bicyclic) bond motifs is 1. The van der Waals surface area contributed by atoms with Gasteiger partial charge in [-0.3, -0.25) is 14.7 Å². The molecule has 0 radical (unpaired) electrons. The Morgan fingerprint density at radius 2 is 1.81 bits per heavy atom. The highest BCUT2D eigenvalue weighted by Gasteiger charge is 2.34. The number of pyridine rings is 1. The van der Waals surface area contributed by atoms with Crippen molar-refractivity contribution < 1.29 is 14.3 Å². The van der Waals surface area contributed by atoms with Crippen molar-refractivity contribution in [3.63, 3.8) is 0 Å². The molecule has 6 nitrogen and oxygen atoms in total. The zero-order valence-corrected chi connectivity index (χ0v) is 21.7. The molecule has 0 bridgehead atoms. The summed E-state index contributed by atoms with van der Waals surface area (Å²) in [6.45, 7) is 5.29. The van der Waals surface area contributed by atoms with Crippen molar-refractivity contribution in [3.8, 4) is 0 Å². The molecule has 0 unspecified atom stereocenters. The molecule has 1 aliphatic heterocycles. The normalized spacial score (nSPS) is 15.6. The third-order valence-electron chi connectivity index (χ3n) is 7.56. The summed E-state index contributed by atoms with van der Waals surface area (Å²) in [5.41, 5.74) is 4.27. The Hall–Kier alpha value is -3.48. The van der Waals surface area contributed by atoms with Crippen LogP contribution < -0.4 is 0 Å². The smallest absolute Gasteiger partial charge is 0.289 e. The highest BCUT2D eigenvalue weighted by Crippen LogP contribution is 2.35. The Morgan fingerprint density at radius 3 is 2.51 bits per heavy atom. The maximum Gasteiger partial charge on any atom is 0.289 e. The number of amides is 1. The van der Waals surface area contributed by atoms with Crippen molar-refractivity contribution in [2.24, 2.45) is 0 Å². The maximum absolute atomic E-state index is 13.0. The average Bonchev–Trinajstić information content (AvgIpc) is 3.37. The molecule has 4 aromatic rings. The molecule has 192 valence electrons. The van der Waals surface area contributed by atoms with Crippen LogP contribution in [0.5, 0.6) is 0 Å². The number of aromatic nitrogens is 1. The van der Waals surface area contributed by atoms with Gasteiger partial charge in [0.05, 0.1) is 5.60 Å². The number of likely N-dealkylation sites (tertiary alicyclic amines) is 1. The van der Waals surface area contributed by atoms with Crippen LogP contribution in [0.3, 0.4) is 0 Å². The van der Waals surface area contributed by atoms with Crippen LogP contribution in [0.15, 0.2) is 77.3 Å². The molecule has 6 heteroatoms. The topological polar surface area (TPSA) is 69.8 Å². The van der Waals surface area contributed by atoms with Crippen LogP contribution in [0.2, 0.25) is 0 Å². The van der Waals surface area contributed by atoms with Crippen LogP contribution in [0, 0.1) is 0 Å². The van der Waals surface area contributed by atoms with E-state index in [0.29, 0.717) is 37.2 Å². The largest absolute Gasteiger partial charge is 0.451 e. The lowest BCUT2D eigenvalue weighted by Gasteiger charge is -2.38. The summed E-state index contributed by atoms with van der Waals surface area (Å²) in [6.07, 6.45) is 4.84. The first-order valence-electron chi connectivity index (χ1n) is 13.2. The first-order chi connectivity index (χ1) is 17.9. The van der Waals surface area contributed by atoms with Crippen molar-refractivity contribution in [1.29, 1.82) is 0 Å². The molecular formula is C31H35N3O3. The van der Waals surface area contributed by atoms with E-state index in [1.54, 1.807) is 24.2 Å². The number of nitrogens with zero attached hydrogens (tertiary/aromatic N) is 3. The van der Waals surface area contributed by atoms with Crippen LogP contribution in [-0.4, -0.2) is 52.5 Å². The molecule has 1 saturated heterocycles. The molecule has 1 fully saturated rings. The number of piperidine rings is 1. The first kappa shape index (κ1) is 25.2. The van der Waals surface area contributed by atoms with E-state index >= 15 is 0 Å². The molecule has 1 N–H and O–H groups in total. The summed E-state index contributed by atoms with van der Waals surface area (Å²) in [4.78, 5) is 21.4. The third kappa shape index (κ3) is 5.76. The van der Waals surface area contributed by atoms with Gasteiger partial charge in [-0.2, -0.15) is 0 Å². The number of hydrogen-bond donors (Lipinski definition) is 1. The van der Waals surface area contributed by atoms with Gasteiger partial charge in [-0.05, 0) is 66.3 Å². The summed E-state index contributed by atoms with van der Waals surface area (Å²) >= 11 is 0. The van der Waals surface area contributed by atoms with Gasteiger partial charge in [-0.15, -0.1) is 0 Å². The quantitative estimate of drug-likeness (QED) is 0.363. The molecule has 1 amide bonds. The molecule has 2 aromatic heterocycles. The third-order valence-corrected chi connectivity index (χ3v) is 7.56. The van der Waals surface area contributed by atoms with Crippen LogP contribution in [0.1, 0.15) is 52.7 Å². The zero-order valence-electron chi connectivity index (χ0n) is 21.7. The highest BCUT2D eigenvalue weighted by molar-refractivity contribution is 5.96. The molecule has 5 rings (SSSR count). The number of likely N-dealkylation sites (N-methyl/N-ethyl adjacent to an activating group) is 1. The summed E-state index contributed by atoms with van der Waals surface area (Å²) < 4.78 is 5.88. The molecule has 0 aliphatic carbocycles. The second kappa shape index (κ2) is 10.9. The van der Waals surface area contributed by atoms with E-state index in [1.807, 2.05) is 36.4 Å². The van der Waals surface area contributed by atoms with E-state index in [2.05, 4.69) is 41.1 Å². The first-order valence-corrected chi connectivity index (χ1v) is 13.2. The Balaban J connectivity index is 1.22. The number of carbonyl (C=O) groups is 1. The van der Waals surface area contributed by atoms with Gasteiger partial charge in [0, 0.05) is 56.9 Å². The van der Waals surface area contributed by atoms with E-state index in [0.717, 1.165) is 42.7 Å². The molecule has 0 saturated carbocycles. The summed E-state index contributed by atoms with van der Waals surface area (Å²) in [5, 5.41) is 12.3. The molecule has 37 heavy (non-hydrogen) atoms. The van der Waals surface area contributed by atoms with E-state index < -0.39 is 5.60 Å². The Morgan fingerprint density at radius 1 is 1.05 bits per heavy atom. The minimum absolute atomic E-state index is 0.160. The van der Waals surface area contributed by atoms with Crippen LogP contribution in [-0.2, 0) is 25.0 Å². The van der Waals surface area contributed by atoms with Gasteiger partial charge < -0.3 is 14.4 Å². The number of hydrogen-bond acceptors (Lipinski definition) is 5. The molecule has 1 aliphatic rings. The summed E-state index contributed by atoms with van der Waals surface area (Å²) in [7, 11) is 1.78. The second-order valence-electron chi connectivity index (χ2n) is 10.1. The Labute approximate surface area is 218 Å². The average molecular weight is 498 g/mol. The molecule has 0 atom stereocenters.